The van der Waals surface area contributed by atoms with Gasteiger partial charge >= 0.3 is 18.1 Å². The molecule has 1 aromatic carbocycles. The summed E-state index contributed by atoms with van der Waals surface area (Å²) in [4.78, 5) is 23.5. The van der Waals surface area contributed by atoms with E-state index in [0.717, 1.165) is 12.7 Å². The number of carbonyl (C=O) groups is 2. The summed E-state index contributed by atoms with van der Waals surface area (Å²) in [6.07, 6.45) is -4.99. The van der Waals surface area contributed by atoms with Crippen LogP contribution >= 0.6 is 0 Å². The highest BCUT2D eigenvalue weighted by atomic mass is 19.4. The third-order valence-corrected chi connectivity index (χ3v) is 3.12. The van der Waals surface area contributed by atoms with Crippen molar-refractivity contribution in [3.63, 3.8) is 0 Å². The van der Waals surface area contributed by atoms with E-state index < -0.39 is 24.0 Å². The summed E-state index contributed by atoms with van der Waals surface area (Å²) in [5.74, 6) is -3.48. The third-order valence-electron chi connectivity index (χ3n) is 3.12. The zero-order valence-electron chi connectivity index (χ0n) is 12.6. The highest BCUT2D eigenvalue weighted by Gasteiger charge is 2.43. The first kappa shape index (κ1) is 18.0. The Morgan fingerprint density at radius 1 is 1.23 bits per heavy atom. The summed E-state index contributed by atoms with van der Waals surface area (Å²) in [6.45, 7) is 2.68. The van der Waals surface area contributed by atoms with E-state index in [-0.39, 0.29) is 13.1 Å². The monoisotopic (exact) mass is 317 g/mol. The van der Waals surface area contributed by atoms with Crippen LogP contribution in [-0.4, -0.2) is 36.6 Å². The summed E-state index contributed by atoms with van der Waals surface area (Å²) in [5.41, 5.74) is 1.51. The van der Waals surface area contributed by atoms with Gasteiger partial charge in [0.25, 0.3) is 0 Å². The summed E-state index contributed by atoms with van der Waals surface area (Å²) < 4.78 is 42.6. The minimum Gasteiger partial charge on any atom is -0.469 e. The molecule has 7 heteroatoms. The number of amides is 1. The molecule has 0 aliphatic rings. The van der Waals surface area contributed by atoms with Gasteiger partial charge in [0.05, 0.1) is 13.0 Å². The van der Waals surface area contributed by atoms with E-state index in [0.29, 0.717) is 10.5 Å². The van der Waals surface area contributed by atoms with Crippen molar-refractivity contribution in [1.29, 1.82) is 0 Å². The zero-order valence-corrected chi connectivity index (χ0v) is 12.6. The number of aryl methyl sites for hydroxylation is 1. The molecule has 22 heavy (non-hydrogen) atoms. The average Bonchev–Trinajstić information content (AvgIpc) is 2.46. The van der Waals surface area contributed by atoms with Gasteiger partial charge in [0.2, 0.25) is 0 Å². The van der Waals surface area contributed by atoms with Crippen LogP contribution in [0.4, 0.5) is 13.2 Å². The Bertz CT molecular complexity index is 526. The highest BCUT2D eigenvalue weighted by molar-refractivity contribution is 5.82. The van der Waals surface area contributed by atoms with Crippen molar-refractivity contribution in [3.05, 3.63) is 35.4 Å². The van der Waals surface area contributed by atoms with Crippen LogP contribution in [0.3, 0.4) is 0 Å². The summed E-state index contributed by atoms with van der Waals surface area (Å²) in [7, 11) is 1.15. The standard InChI is InChI=1S/C15H18F3NO3/c1-10-4-6-12(7-5-10)9-19(14(21)15(16,17)18)8-11(2)13(20)22-3/h4-7,11H,8-9H2,1-3H3. The van der Waals surface area contributed by atoms with Crippen LogP contribution in [-0.2, 0) is 20.9 Å². The Kier molecular flexibility index (Phi) is 5.96. The number of ether oxygens (including phenoxy) is 1. The largest absolute Gasteiger partial charge is 0.471 e. The number of hydrogen-bond acceptors (Lipinski definition) is 3. The van der Waals surface area contributed by atoms with Gasteiger partial charge < -0.3 is 9.64 Å². The second-order valence-electron chi connectivity index (χ2n) is 5.09. The molecule has 0 saturated carbocycles. The van der Waals surface area contributed by atoms with Crippen molar-refractivity contribution in [2.75, 3.05) is 13.7 Å². The Hall–Kier alpha value is -2.05. The number of nitrogens with zero attached hydrogens (tertiary/aromatic N) is 1. The van der Waals surface area contributed by atoms with E-state index in [1.54, 1.807) is 24.3 Å². The van der Waals surface area contributed by atoms with Gasteiger partial charge in [-0.3, -0.25) is 9.59 Å². The van der Waals surface area contributed by atoms with E-state index in [1.807, 2.05) is 6.92 Å². The first-order valence-corrected chi connectivity index (χ1v) is 6.64. The SMILES string of the molecule is COC(=O)C(C)CN(Cc1ccc(C)cc1)C(=O)C(F)(F)F. The third kappa shape index (κ3) is 5.05. The Balaban J connectivity index is 2.93. The molecule has 0 heterocycles. The van der Waals surface area contributed by atoms with Gasteiger partial charge in [-0.15, -0.1) is 0 Å². The molecule has 0 N–H and O–H groups in total. The predicted molar refractivity (Wildman–Crippen MR) is 73.8 cm³/mol. The molecule has 0 spiro atoms. The topological polar surface area (TPSA) is 46.6 Å². The quantitative estimate of drug-likeness (QED) is 0.785. The molecule has 0 aromatic heterocycles. The number of carbonyl (C=O) groups excluding carboxylic acids is 2. The zero-order chi connectivity index (χ0) is 16.9. The number of benzene rings is 1. The fourth-order valence-electron chi connectivity index (χ4n) is 1.92. The fraction of sp³-hybridized carbons (Fsp3) is 0.467. The minimum atomic E-state index is -4.99. The molecule has 0 aliphatic heterocycles. The Morgan fingerprint density at radius 2 is 1.77 bits per heavy atom. The molecule has 1 amide bonds. The number of halogens is 3. The van der Waals surface area contributed by atoms with E-state index in [2.05, 4.69) is 4.74 Å². The molecule has 122 valence electrons. The molecule has 1 atom stereocenters. The summed E-state index contributed by atoms with van der Waals surface area (Å²) in [5, 5.41) is 0. The smallest absolute Gasteiger partial charge is 0.469 e. The number of hydrogen-bond donors (Lipinski definition) is 0. The normalized spacial score (nSPS) is 12.6. The van der Waals surface area contributed by atoms with Crippen molar-refractivity contribution in [2.45, 2.75) is 26.6 Å². The molecule has 1 unspecified atom stereocenters. The maximum atomic E-state index is 12.7. The molecule has 0 radical (unpaired) electrons. The van der Waals surface area contributed by atoms with Crippen LogP contribution in [0.2, 0.25) is 0 Å². The van der Waals surface area contributed by atoms with Crippen LogP contribution in [0.1, 0.15) is 18.1 Å². The molecular formula is C15H18F3NO3. The van der Waals surface area contributed by atoms with Gasteiger partial charge in [-0.1, -0.05) is 36.8 Å². The lowest BCUT2D eigenvalue weighted by molar-refractivity contribution is -0.187. The fourth-order valence-corrected chi connectivity index (χ4v) is 1.92. The number of methoxy groups -OCH3 is 1. The van der Waals surface area contributed by atoms with Gasteiger partial charge in [0, 0.05) is 13.1 Å². The van der Waals surface area contributed by atoms with Crippen molar-refractivity contribution in [3.8, 4) is 0 Å². The average molecular weight is 317 g/mol. The van der Waals surface area contributed by atoms with Crippen molar-refractivity contribution < 1.29 is 27.5 Å². The van der Waals surface area contributed by atoms with Gasteiger partial charge in [-0.25, -0.2) is 0 Å². The Morgan fingerprint density at radius 3 is 2.23 bits per heavy atom. The van der Waals surface area contributed by atoms with Gasteiger partial charge in [-0.2, -0.15) is 13.2 Å². The molecular weight excluding hydrogens is 299 g/mol. The molecule has 0 aliphatic carbocycles. The van der Waals surface area contributed by atoms with Crippen LogP contribution in [0, 0.1) is 12.8 Å². The lowest BCUT2D eigenvalue weighted by Crippen LogP contribution is -2.44. The van der Waals surface area contributed by atoms with E-state index >= 15 is 0 Å². The number of alkyl halides is 3. The minimum absolute atomic E-state index is 0.222. The molecule has 1 aromatic rings. The predicted octanol–water partition coefficient (Wildman–Crippen LogP) is 2.70. The van der Waals surface area contributed by atoms with E-state index in [4.69, 9.17) is 0 Å². The van der Waals surface area contributed by atoms with E-state index in [1.165, 1.54) is 6.92 Å². The van der Waals surface area contributed by atoms with Crippen LogP contribution in [0.5, 0.6) is 0 Å². The highest BCUT2D eigenvalue weighted by Crippen LogP contribution is 2.21. The number of esters is 1. The summed E-state index contributed by atoms with van der Waals surface area (Å²) >= 11 is 0. The lowest BCUT2D eigenvalue weighted by atomic mass is 10.1. The molecule has 4 nitrogen and oxygen atoms in total. The number of rotatable bonds is 5. The van der Waals surface area contributed by atoms with Crippen molar-refractivity contribution in [1.82, 2.24) is 4.90 Å². The maximum absolute atomic E-state index is 12.7. The second kappa shape index (κ2) is 7.29. The van der Waals surface area contributed by atoms with Crippen LogP contribution in [0.15, 0.2) is 24.3 Å². The van der Waals surface area contributed by atoms with Crippen LogP contribution < -0.4 is 0 Å². The van der Waals surface area contributed by atoms with E-state index in [9.17, 15) is 22.8 Å². The lowest BCUT2D eigenvalue weighted by Gasteiger charge is -2.26. The van der Waals surface area contributed by atoms with Gasteiger partial charge in [0.15, 0.2) is 0 Å². The van der Waals surface area contributed by atoms with Crippen molar-refractivity contribution >= 4 is 11.9 Å². The maximum Gasteiger partial charge on any atom is 0.471 e. The molecule has 0 fully saturated rings. The van der Waals surface area contributed by atoms with Gasteiger partial charge in [0.1, 0.15) is 0 Å². The molecule has 0 saturated heterocycles. The second-order valence-corrected chi connectivity index (χ2v) is 5.09. The Labute approximate surface area is 126 Å². The molecule has 1 rings (SSSR count). The first-order valence-electron chi connectivity index (χ1n) is 6.64. The molecule has 0 bridgehead atoms. The van der Waals surface area contributed by atoms with Crippen LogP contribution in [0.25, 0.3) is 0 Å². The first-order chi connectivity index (χ1) is 10.1. The summed E-state index contributed by atoms with van der Waals surface area (Å²) in [6, 6.07) is 6.79. The van der Waals surface area contributed by atoms with Gasteiger partial charge in [-0.05, 0) is 12.5 Å². The van der Waals surface area contributed by atoms with Crippen molar-refractivity contribution in [2.24, 2.45) is 5.92 Å².